The minimum atomic E-state index is -0.650. The molecule has 3 rings (SSSR count). The SMILES string of the molecule is O=C1CCN(CC2COCCO2)C(=O)C2(CCCC2)N1. The normalized spacial score (nSPS) is 30.4. The molecule has 3 aliphatic rings. The number of carbonyl (C=O) groups excluding carboxylic acids is 2. The Morgan fingerprint density at radius 3 is 2.75 bits per heavy atom. The van der Waals surface area contributed by atoms with Gasteiger partial charge in [0.25, 0.3) is 0 Å². The van der Waals surface area contributed by atoms with E-state index in [1.54, 1.807) is 4.90 Å². The van der Waals surface area contributed by atoms with Crippen LogP contribution in [0.25, 0.3) is 0 Å². The number of amides is 2. The summed E-state index contributed by atoms with van der Waals surface area (Å²) >= 11 is 0. The van der Waals surface area contributed by atoms with Crippen LogP contribution in [0.5, 0.6) is 0 Å². The molecule has 1 spiro atoms. The van der Waals surface area contributed by atoms with Gasteiger partial charge in [-0.05, 0) is 12.8 Å². The highest BCUT2D eigenvalue weighted by atomic mass is 16.6. The molecule has 20 heavy (non-hydrogen) atoms. The Morgan fingerprint density at radius 2 is 2.05 bits per heavy atom. The van der Waals surface area contributed by atoms with E-state index in [4.69, 9.17) is 9.47 Å². The molecule has 6 heteroatoms. The fourth-order valence-electron chi connectivity index (χ4n) is 3.40. The molecular formula is C14H22N2O4. The standard InChI is InChI=1S/C14H22N2O4/c17-12-3-6-16(9-11-10-19-7-8-20-11)13(18)14(15-12)4-1-2-5-14/h11H,1-10H2,(H,15,17). The quantitative estimate of drug-likeness (QED) is 0.778. The fraction of sp³-hybridized carbons (Fsp3) is 0.857. The Kier molecular flexibility index (Phi) is 3.94. The minimum Gasteiger partial charge on any atom is -0.376 e. The lowest BCUT2D eigenvalue weighted by molar-refractivity contribution is -0.144. The summed E-state index contributed by atoms with van der Waals surface area (Å²) in [6.07, 6.45) is 3.83. The molecule has 1 aliphatic carbocycles. The molecule has 0 aromatic rings. The Morgan fingerprint density at radius 1 is 1.25 bits per heavy atom. The third kappa shape index (κ3) is 2.67. The smallest absolute Gasteiger partial charge is 0.248 e. The number of hydrogen-bond donors (Lipinski definition) is 1. The molecule has 112 valence electrons. The molecule has 0 radical (unpaired) electrons. The van der Waals surface area contributed by atoms with Crippen LogP contribution in [-0.4, -0.2) is 61.3 Å². The van der Waals surface area contributed by atoms with Gasteiger partial charge in [0.1, 0.15) is 5.54 Å². The lowest BCUT2D eigenvalue weighted by Gasteiger charge is -2.34. The molecule has 2 heterocycles. The third-order valence-corrected chi connectivity index (χ3v) is 4.45. The van der Waals surface area contributed by atoms with Crippen LogP contribution in [0.4, 0.5) is 0 Å². The summed E-state index contributed by atoms with van der Waals surface area (Å²) in [5.74, 6) is 0.0542. The van der Waals surface area contributed by atoms with Crippen LogP contribution in [0.15, 0.2) is 0 Å². The zero-order valence-electron chi connectivity index (χ0n) is 11.7. The van der Waals surface area contributed by atoms with Gasteiger partial charge in [0.2, 0.25) is 11.8 Å². The van der Waals surface area contributed by atoms with Crippen molar-refractivity contribution < 1.29 is 19.1 Å². The van der Waals surface area contributed by atoms with Crippen LogP contribution >= 0.6 is 0 Å². The van der Waals surface area contributed by atoms with Gasteiger partial charge in [0, 0.05) is 19.5 Å². The van der Waals surface area contributed by atoms with Crippen molar-refractivity contribution in [1.82, 2.24) is 10.2 Å². The average Bonchev–Trinajstić information content (AvgIpc) is 2.89. The maximum atomic E-state index is 12.8. The second kappa shape index (κ2) is 5.69. The van der Waals surface area contributed by atoms with Crippen molar-refractivity contribution in [3.05, 3.63) is 0 Å². The van der Waals surface area contributed by atoms with Crippen molar-refractivity contribution in [3.63, 3.8) is 0 Å². The van der Waals surface area contributed by atoms with E-state index in [2.05, 4.69) is 5.32 Å². The second-order valence-corrected chi connectivity index (χ2v) is 5.91. The van der Waals surface area contributed by atoms with Crippen LogP contribution in [0.3, 0.4) is 0 Å². The molecular weight excluding hydrogens is 260 g/mol. The highest BCUT2D eigenvalue weighted by Gasteiger charge is 2.46. The Balaban J connectivity index is 1.72. The second-order valence-electron chi connectivity index (χ2n) is 5.91. The van der Waals surface area contributed by atoms with Crippen LogP contribution in [-0.2, 0) is 19.1 Å². The Hall–Kier alpha value is -1.14. The van der Waals surface area contributed by atoms with E-state index < -0.39 is 5.54 Å². The van der Waals surface area contributed by atoms with Gasteiger partial charge in [-0.3, -0.25) is 9.59 Å². The highest BCUT2D eigenvalue weighted by molar-refractivity contribution is 5.93. The van der Waals surface area contributed by atoms with Gasteiger partial charge < -0.3 is 19.7 Å². The molecule has 0 aromatic heterocycles. The van der Waals surface area contributed by atoms with Gasteiger partial charge in [-0.15, -0.1) is 0 Å². The summed E-state index contributed by atoms with van der Waals surface area (Å²) < 4.78 is 11.0. The van der Waals surface area contributed by atoms with E-state index >= 15 is 0 Å². The van der Waals surface area contributed by atoms with E-state index in [9.17, 15) is 9.59 Å². The summed E-state index contributed by atoms with van der Waals surface area (Å²) in [5.41, 5.74) is -0.650. The third-order valence-electron chi connectivity index (χ3n) is 4.45. The summed E-state index contributed by atoms with van der Waals surface area (Å²) in [6.45, 7) is 2.73. The van der Waals surface area contributed by atoms with Crippen molar-refractivity contribution in [2.45, 2.75) is 43.7 Å². The van der Waals surface area contributed by atoms with Crippen molar-refractivity contribution in [3.8, 4) is 0 Å². The zero-order chi connectivity index (χ0) is 14.0. The van der Waals surface area contributed by atoms with E-state index in [1.165, 1.54) is 0 Å². The van der Waals surface area contributed by atoms with Gasteiger partial charge in [-0.1, -0.05) is 12.8 Å². The lowest BCUT2D eigenvalue weighted by Crippen LogP contribution is -2.56. The summed E-state index contributed by atoms with van der Waals surface area (Å²) in [5, 5.41) is 2.97. The molecule has 2 amide bonds. The predicted molar refractivity (Wildman–Crippen MR) is 71.1 cm³/mol. The average molecular weight is 282 g/mol. The van der Waals surface area contributed by atoms with Crippen LogP contribution in [0, 0.1) is 0 Å². The monoisotopic (exact) mass is 282 g/mol. The number of carbonyl (C=O) groups is 2. The molecule has 0 aromatic carbocycles. The van der Waals surface area contributed by atoms with Gasteiger partial charge in [0.15, 0.2) is 0 Å². The largest absolute Gasteiger partial charge is 0.376 e. The number of nitrogens with one attached hydrogen (secondary N) is 1. The number of nitrogens with zero attached hydrogens (tertiary/aromatic N) is 1. The maximum absolute atomic E-state index is 12.8. The molecule has 0 bridgehead atoms. The van der Waals surface area contributed by atoms with E-state index in [0.717, 1.165) is 25.7 Å². The predicted octanol–water partition coefficient (Wildman–Crippen LogP) is 0.0631. The molecule has 1 saturated carbocycles. The number of rotatable bonds is 2. The Bertz CT molecular complexity index is 387. The van der Waals surface area contributed by atoms with Crippen molar-refractivity contribution in [2.24, 2.45) is 0 Å². The molecule has 2 saturated heterocycles. The van der Waals surface area contributed by atoms with Crippen molar-refractivity contribution >= 4 is 11.8 Å². The molecule has 1 atom stereocenters. The molecule has 3 fully saturated rings. The summed E-state index contributed by atoms with van der Waals surface area (Å²) in [7, 11) is 0. The van der Waals surface area contributed by atoms with E-state index in [0.29, 0.717) is 39.3 Å². The molecule has 1 unspecified atom stereocenters. The van der Waals surface area contributed by atoms with E-state index in [1.807, 2.05) is 0 Å². The van der Waals surface area contributed by atoms with Gasteiger partial charge in [-0.25, -0.2) is 0 Å². The first-order valence-corrected chi connectivity index (χ1v) is 7.49. The maximum Gasteiger partial charge on any atom is 0.248 e. The van der Waals surface area contributed by atoms with Crippen LogP contribution < -0.4 is 5.32 Å². The topological polar surface area (TPSA) is 67.9 Å². The van der Waals surface area contributed by atoms with E-state index in [-0.39, 0.29) is 17.9 Å². The fourth-order valence-corrected chi connectivity index (χ4v) is 3.40. The highest BCUT2D eigenvalue weighted by Crippen LogP contribution is 2.33. The minimum absolute atomic E-state index is 0.0106. The Labute approximate surface area is 118 Å². The zero-order valence-corrected chi connectivity index (χ0v) is 11.7. The van der Waals surface area contributed by atoms with Crippen molar-refractivity contribution in [1.29, 1.82) is 0 Å². The van der Waals surface area contributed by atoms with Gasteiger partial charge in [0.05, 0.1) is 25.9 Å². The van der Waals surface area contributed by atoms with Crippen LogP contribution in [0.2, 0.25) is 0 Å². The molecule has 1 N–H and O–H groups in total. The van der Waals surface area contributed by atoms with Gasteiger partial charge >= 0.3 is 0 Å². The summed E-state index contributed by atoms with van der Waals surface area (Å²) in [4.78, 5) is 26.5. The number of ether oxygens (including phenoxy) is 2. The first-order valence-electron chi connectivity index (χ1n) is 7.49. The van der Waals surface area contributed by atoms with Crippen molar-refractivity contribution in [2.75, 3.05) is 32.9 Å². The van der Waals surface area contributed by atoms with Crippen LogP contribution in [0.1, 0.15) is 32.1 Å². The number of hydrogen-bond acceptors (Lipinski definition) is 4. The first-order chi connectivity index (χ1) is 9.70. The lowest BCUT2D eigenvalue weighted by atomic mass is 9.95. The molecule has 6 nitrogen and oxygen atoms in total. The molecule has 2 aliphatic heterocycles. The van der Waals surface area contributed by atoms with Gasteiger partial charge in [-0.2, -0.15) is 0 Å². The summed E-state index contributed by atoms with van der Waals surface area (Å²) in [6, 6.07) is 0. The first kappa shape index (κ1) is 13.8.